The molecule has 1 aliphatic rings. The molecule has 1 aromatic rings. The van der Waals surface area contributed by atoms with E-state index in [9.17, 15) is 0 Å². The lowest BCUT2D eigenvalue weighted by Crippen LogP contribution is -2.24. The van der Waals surface area contributed by atoms with Crippen molar-refractivity contribution in [1.29, 1.82) is 0 Å². The Bertz CT molecular complexity index is 380. The number of benzene rings is 1. The van der Waals surface area contributed by atoms with Crippen LogP contribution >= 0.6 is 0 Å². The smallest absolute Gasteiger partial charge is 0.0538 e. The Morgan fingerprint density at radius 2 is 1.95 bits per heavy atom. The second kappa shape index (κ2) is 7.92. The summed E-state index contributed by atoms with van der Waals surface area (Å²) in [4.78, 5) is 2.56. The number of nitrogens with two attached hydrogens (primary N) is 1. The molecule has 0 saturated carbocycles. The van der Waals surface area contributed by atoms with E-state index in [1.807, 2.05) is 12.1 Å². The van der Waals surface area contributed by atoms with Gasteiger partial charge >= 0.3 is 0 Å². The van der Waals surface area contributed by atoms with E-state index in [1.54, 1.807) is 6.21 Å². The van der Waals surface area contributed by atoms with E-state index >= 15 is 0 Å². The summed E-state index contributed by atoms with van der Waals surface area (Å²) in [6.45, 7) is 5.84. The lowest BCUT2D eigenvalue weighted by Gasteiger charge is -2.14. The van der Waals surface area contributed by atoms with Crippen molar-refractivity contribution in [3.8, 4) is 0 Å². The van der Waals surface area contributed by atoms with Crippen LogP contribution in [0, 0.1) is 0 Å². The van der Waals surface area contributed by atoms with Gasteiger partial charge in [-0.15, -0.1) is 0 Å². The van der Waals surface area contributed by atoms with Crippen LogP contribution in [-0.4, -0.2) is 37.3 Å². The summed E-state index contributed by atoms with van der Waals surface area (Å²) >= 11 is 0. The maximum absolute atomic E-state index is 5.12. The molecule has 0 atom stereocenters. The number of likely N-dealkylation sites (tertiary alicyclic amines) is 1. The van der Waals surface area contributed by atoms with Crippen molar-refractivity contribution in [2.75, 3.05) is 26.2 Å². The summed E-state index contributed by atoms with van der Waals surface area (Å²) in [6, 6.07) is 8.31. The highest BCUT2D eigenvalue weighted by atomic mass is 15.1. The summed E-state index contributed by atoms with van der Waals surface area (Å²) in [7, 11) is 0. The first-order valence-electron chi connectivity index (χ1n) is 7.14. The zero-order valence-corrected chi connectivity index (χ0v) is 11.5. The normalized spacial score (nSPS) is 16.4. The Kier molecular flexibility index (Phi) is 5.85. The summed E-state index contributed by atoms with van der Waals surface area (Å²) in [5.41, 5.74) is 2.34. The zero-order valence-electron chi connectivity index (χ0n) is 11.5. The van der Waals surface area contributed by atoms with Gasteiger partial charge in [0.15, 0.2) is 0 Å². The maximum atomic E-state index is 5.12. The Balaban J connectivity index is 1.59. The van der Waals surface area contributed by atoms with Gasteiger partial charge in [-0.05, 0) is 56.6 Å². The van der Waals surface area contributed by atoms with Gasteiger partial charge in [0.1, 0.15) is 0 Å². The Labute approximate surface area is 115 Å². The van der Waals surface area contributed by atoms with Crippen molar-refractivity contribution in [3.63, 3.8) is 0 Å². The fraction of sp³-hybridized carbons (Fsp3) is 0.533. The molecule has 1 heterocycles. The molecule has 3 N–H and O–H groups in total. The quantitative estimate of drug-likeness (QED) is 0.338. The van der Waals surface area contributed by atoms with Gasteiger partial charge in [-0.1, -0.05) is 24.3 Å². The predicted molar refractivity (Wildman–Crippen MR) is 80.2 cm³/mol. The highest BCUT2D eigenvalue weighted by Gasteiger charge is 2.09. The van der Waals surface area contributed by atoms with Crippen LogP contribution < -0.4 is 11.2 Å². The lowest BCUT2D eigenvalue weighted by molar-refractivity contribution is 0.331. The summed E-state index contributed by atoms with van der Waals surface area (Å²) in [6.07, 6.45) is 5.66. The van der Waals surface area contributed by atoms with E-state index in [-0.39, 0.29) is 0 Å². The van der Waals surface area contributed by atoms with Crippen LogP contribution in [0.1, 0.15) is 30.4 Å². The van der Waals surface area contributed by atoms with Gasteiger partial charge in [-0.3, -0.25) is 0 Å². The van der Waals surface area contributed by atoms with Crippen molar-refractivity contribution < 1.29 is 0 Å². The van der Waals surface area contributed by atoms with Crippen LogP contribution in [0.15, 0.2) is 29.4 Å². The number of rotatable bonds is 7. The number of hydrazone groups is 1. The molecule has 1 aromatic carbocycles. The first-order chi connectivity index (χ1) is 9.38. The van der Waals surface area contributed by atoms with Crippen LogP contribution in [0.3, 0.4) is 0 Å². The minimum Gasteiger partial charge on any atom is -0.323 e. The van der Waals surface area contributed by atoms with Crippen LogP contribution in [0.2, 0.25) is 0 Å². The molecule has 1 aliphatic heterocycles. The van der Waals surface area contributed by atoms with E-state index in [0.29, 0.717) is 0 Å². The molecular weight excluding hydrogens is 236 g/mol. The second-order valence-corrected chi connectivity index (χ2v) is 5.10. The summed E-state index contributed by atoms with van der Waals surface area (Å²) in [5, 5.41) is 7.01. The van der Waals surface area contributed by atoms with E-state index in [2.05, 4.69) is 27.5 Å². The van der Waals surface area contributed by atoms with Gasteiger partial charge in [-0.25, -0.2) is 0 Å². The number of hydrogen-bond acceptors (Lipinski definition) is 4. The molecular formula is C15H24N4. The minimum absolute atomic E-state index is 0.931. The zero-order chi connectivity index (χ0) is 13.3. The van der Waals surface area contributed by atoms with Gasteiger partial charge in [0.2, 0.25) is 0 Å². The molecule has 0 bridgehead atoms. The average Bonchev–Trinajstić information content (AvgIpc) is 2.94. The van der Waals surface area contributed by atoms with E-state index < -0.39 is 0 Å². The summed E-state index contributed by atoms with van der Waals surface area (Å²) in [5.74, 6) is 5.12. The molecule has 1 fully saturated rings. The Morgan fingerprint density at radius 3 is 2.63 bits per heavy atom. The van der Waals surface area contributed by atoms with E-state index in [4.69, 9.17) is 5.84 Å². The number of nitrogens with zero attached hydrogens (tertiary/aromatic N) is 2. The fourth-order valence-electron chi connectivity index (χ4n) is 2.47. The third kappa shape index (κ3) is 5.01. The molecule has 104 valence electrons. The highest BCUT2D eigenvalue weighted by Crippen LogP contribution is 2.07. The van der Waals surface area contributed by atoms with Gasteiger partial charge in [0, 0.05) is 6.54 Å². The Morgan fingerprint density at radius 1 is 1.21 bits per heavy atom. The molecule has 4 nitrogen and oxygen atoms in total. The van der Waals surface area contributed by atoms with Gasteiger partial charge < -0.3 is 16.1 Å². The predicted octanol–water partition coefficient (Wildman–Crippen LogP) is 1.55. The number of nitrogens with one attached hydrogen (secondary N) is 1. The molecule has 0 radical (unpaired) electrons. The molecule has 0 amide bonds. The topological polar surface area (TPSA) is 53.6 Å². The molecule has 0 unspecified atom stereocenters. The Hall–Kier alpha value is -1.39. The standard InChI is InChI=1S/C15H24N4/c16-18-13-15-6-4-14(5-7-15)12-17-8-3-11-19-9-1-2-10-19/h4-7,13,17H,1-3,8-12,16H2. The SMILES string of the molecule is NN=Cc1ccc(CNCCCN2CCCC2)cc1. The minimum atomic E-state index is 0.931. The largest absolute Gasteiger partial charge is 0.323 e. The number of hydrogen-bond donors (Lipinski definition) is 2. The third-order valence-corrected chi connectivity index (χ3v) is 3.56. The fourth-order valence-corrected chi connectivity index (χ4v) is 2.47. The van der Waals surface area contributed by atoms with Gasteiger partial charge in [-0.2, -0.15) is 5.10 Å². The molecule has 0 aliphatic carbocycles. The molecule has 0 spiro atoms. The average molecular weight is 260 g/mol. The van der Waals surface area contributed by atoms with Crippen molar-refractivity contribution in [2.45, 2.75) is 25.8 Å². The third-order valence-electron chi connectivity index (χ3n) is 3.56. The monoisotopic (exact) mass is 260 g/mol. The van der Waals surface area contributed by atoms with Crippen molar-refractivity contribution in [1.82, 2.24) is 10.2 Å². The highest BCUT2D eigenvalue weighted by molar-refractivity contribution is 5.79. The van der Waals surface area contributed by atoms with Crippen LogP contribution in [0.5, 0.6) is 0 Å². The molecule has 1 saturated heterocycles. The van der Waals surface area contributed by atoms with Crippen molar-refractivity contribution in [2.24, 2.45) is 10.9 Å². The maximum Gasteiger partial charge on any atom is 0.0538 e. The van der Waals surface area contributed by atoms with Gasteiger partial charge in [0.25, 0.3) is 0 Å². The van der Waals surface area contributed by atoms with E-state index in [0.717, 1.165) is 18.7 Å². The van der Waals surface area contributed by atoms with Crippen molar-refractivity contribution >= 4 is 6.21 Å². The molecule has 2 rings (SSSR count). The molecule has 19 heavy (non-hydrogen) atoms. The van der Waals surface area contributed by atoms with Crippen LogP contribution in [-0.2, 0) is 6.54 Å². The van der Waals surface area contributed by atoms with Crippen molar-refractivity contribution in [3.05, 3.63) is 35.4 Å². The lowest BCUT2D eigenvalue weighted by atomic mass is 10.1. The van der Waals surface area contributed by atoms with E-state index in [1.165, 1.54) is 44.5 Å². The summed E-state index contributed by atoms with van der Waals surface area (Å²) < 4.78 is 0. The van der Waals surface area contributed by atoms with Gasteiger partial charge in [0.05, 0.1) is 6.21 Å². The van der Waals surface area contributed by atoms with Crippen LogP contribution in [0.4, 0.5) is 0 Å². The second-order valence-electron chi connectivity index (χ2n) is 5.10. The first kappa shape index (κ1) is 14.0. The molecule has 4 heteroatoms. The first-order valence-corrected chi connectivity index (χ1v) is 7.14. The molecule has 0 aromatic heterocycles. The van der Waals surface area contributed by atoms with Crippen LogP contribution in [0.25, 0.3) is 0 Å².